The van der Waals surface area contributed by atoms with E-state index < -0.39 is 0 Å². The van der Waals surface area contributed by atoms with Gasteiger partial charge in [0, 0.05) is 6.04 Å². The van der Waals surface area contributed by atoms with E-state index >= 15 is 0 Å². The van der Waals surface area contributed by atoms with E-state index in [4.69, 9.17) is 5.84 Å². The van der Waals surface area contributed by atoms with Crippen LogP contribution >= 0.6 is 0 Å². The van der Waals surface area contributed by atoms with Crippen LogP contribution in [0.5, 0.6) is 0 Å². The highest BCUT2D eigenvalue weighted by Gasteiger charge is 2.28. The molecule has 0 aromatic rings. The molecule has 0 amide bonds. The fourth-order valence-electron chi connectivity index (χ4n) is 2.12. The van der Waals surface area contributed by atoms with Gasteiger partial charge in [0.1, 0.15) is 0 Å². The van der Waals surface area contributed by atoms with Crippen molar-refractivity contribution in [3.05, 3.63) is 0 Å². The summed E-state index contributed by atoms with van der Waals surface area (Å²) in [7, 11) is 0. The molecule has 0 spiro atoms. The molecule has 0 aromatic carbocycles. The zero-order chi connectivity index (χ0) is 8.39. The van der Waals surface area contributed by atoms with Crippen molar-refractivity contribution in [1.29, 1.82) is 0 Å². The zero-order valence-electron chi connectivity index (χ0n) is 7.76. The van der Waals surface area contributed by atoms with Crippen molar-refractivity contribution < 1.29 is 0 Å². The van der Waals surface area contributed by atoms with Crippen molar-refractivity contribution in [1.82, 2.24) is 5.43 Å². The third kappa shape index (κ3) is 1.99. The van der Waals surface area contributed by atoms with Crippen LogP contribution in [0.3, 0.4) is 0 Å². The number of hydrogen-bond acceptors (Lipinski definition) is 2. The SMILES string of the molecule is NNC(CCC1CC1)C1CCC1. The summed E-state index contributed by atoms with van der Waals surface area (Å²) in [5.74, 6) is 7.49. The molecule has 70 valence electrons. The van der Waals surface area contributed by atoms with Gasteiger partial charge >= 0.3 is 0 Å². The van der Waals surface area contributed by atoms with Crippen LogP contribution in [0.2, 0.25) is 0 Å². The van der Waals surface area contributed by atoms with Gasteiger partial charge in [-0.3, -0.25) is 11.3 Å². The molecule has 1 unspecified atom stereocenters. The fourth-order valence-corrected chi connectivity index (χ4v) is 2.12. The molecule has 0 radical (unpaired) electrons. The number of hydrogen-bond donors (Lipinski definition) is 2. The van der Waals surface area contributed by atoms with Crippen LogP contribution in [-0.4, -0.2) is 6.04 Å². The summed E-state index contributed by atoms with van der Waals surface area (Å²) in [5, 5.41) is 0. The average molecular weight is 168 g/mol. The quantitative estimate of drug-likeness (QED) is 0.485. The Morgan fingerprint density at radius 2 is 2.00 bits per heavy atom. The summed E-state index contributed by atoms with van der Waals surface area (Å²) in [6.45, 7) is 0. The topological polar surface area (TPSA) is 38.0 Å². The monoisotopic (exact) mass is 168 g/mol. The van der Waals surface area contributed by atoms with Crippen molar-refractivity contribution in [2.45, 2.75) is 51.0 Å². The Labute approximate surface area is 74.9 Å². The van der Waals surface area contributed by atoms with E-state index in [2.05, 4.69) is 5.43 Å². The molecule has 3 N–H and O–H groups in total. The molecule has 2 nitrogen and oxygen atoms in total. The maximum atomic E-state index is 5.54. The van der Waals surface area contributed by atoms with Crippen LogP contribution in [-0.2, 0) is 0 Å². The lowest BCUT2D eigenvalue weighted by molar-refractivity contribution is 0.216. The van der Waals surface area contributed by atoms with Gasteiger partial charge in [-0.25, -0.2) is 0 Å². The minimum Gasteiger partial charge on any atom is -0.271 e. The number of nitrogens with two attached hydrogens (primary N) is 1. The predicted molar refractivity (Wildman–Crippen MR) is 50.4 cm³/mol. The van der Waals surface area contributed by atoms with Crippen LogP contribution in [0, 0.1) is 11.8 Å². The van der Waals surface area contributed by atoms with Crippen LogP contribution in [0.1, 0.15) is 44.9 Å². The summed E-state index contributed by atoms with van der Waals surface area (Å²) < 4.78 is 0. The van der Waals surface area contributed by atoms with Gasteiger partial charge in [-0.2, -0.15) is 0 Å². The molecule has 2 aliphatic rings. The Morgan fingerprint density at radius 1 is 1.25 bits per heavy atom. The standard InChI is InChI=1S/C10H20N2/c11-12-10(9-2-1-3-9)7-6-8-4-5-8/h8-10,12H,1-7,11H2. The van der Waals surface area contributed by atoms with Gasteiger partial charge in [-0.05, 0) is 37.5 Å². The molecule has 2 saturated carbocycles. The Morgan fingerprint density at radius 3 is 2.42 bits per heavy atom. The molecule has 0 bridgehead atoms. The molecule has 2 aliphatic carbocycles. The van der Waals surface area contributed by atoms with E-state index in [1.54, 1.807) is 0 Å². The molecule has 0 saturated heterocycles. The first-order valence-corrected chi connectivity index (χ1v) is 5.36. The first-order valence-electron chi connectivity index (χ1n) is 5.36. The van der Waals surface area contributed by atoms with Gasteiger partial charge in [0.25, 0.3) is 0 Å². The molecule has 2 rings (SSSR count). The second-order valence-electron chi connectivity index (χ2n) is 4.48. The number of nitrogens with one attached hydrogen (secondary N) is 1. The van der Waals surface area contributed by atoms with Crippen molar-refractivity contribution >= 4 is 0 Å². The van der Waals surface area contributed by atoms with Gasteiger partial charge in [-0.1, -0.05) is 19.3 Å². The van der Waals surface area contributed by atoms with Gasteiger partial charge < -0.3 is 0 Å². The largest absolute Gasteiger partial charge is 0.271 e. The lowest BCUT2D eigenvalue weighted by Crippen LogP contribution is -2.43. The van der Waals surface area contributed by atoms with Crippen molar-refractivity contribution in [2.24, 2.45) is 17.7 Å². The molecular weight excluding hydrogens is 148 g/mol. The van der Waals surface area contributed by atoms with Crippen LogP contribution in [0.25, 0.3) is 0 Å². The molecule has 12 heavy (non-hydrogen) atoms. The minimum atomic E-state index is 0.624. The normalized spacial score (nSPS) is 26.8. The van der Waals surface area contributed by atoms with E-state index in [-0.39, 0.29) is 0 Å². The van der Waals surface area contributed by atoms with Gasteiger partial charge in [0.2, 0.25) is 0 Å². The average Bonchev–Trinajstić information content (AvgIpc) is 2.76. The second-order valence-corrected chi connectivity index (χ2v) is 4.48. The first-order chi connectivity index (χ1) is 5.90. The van der Waals surface area contributed by atoms with Crippen molar-refractivity contribution in [3.63, 3.8) is 0 Å². The summed E-state index contributed by atoms with van der Waals surface area (Å²) in [5.41, 5.74) is 2.99. The smallest absolute Gasteiger partial charge is 0.0238 e. The van der Waals surface area contributed by atoms with Gasteiger partial charge in [-0.15, -0.1) is 0 Å². The van der Waals surface area contributed by atoms with Crippen LogP contribution in [0.15, 0.2) is 0 Å². The highest BCUT2D eigenvalue weighted by Crippen LogP contribution is 2.37. The Kier molecular flexibility index (Phi) is 2.66. The van der Waals surface area contributed by atoms with Crippen molar-refractivity contribution in [2.75, 3.05) is 0 Å². The summed E-state index contributed by atoms with van der Waals surface area (Å²) in [6.07, 6.45) is 9.90. The Balaban J connectivity index is 1.65. The second kappa shape index (κ2) is 3.75. The van der Waals surface area contributed by atoms with E-state index in [0.717, 1.165) is 11.8 Å². The van der Waals surface area contributed by atoms with E-state index in [1.807, 2.05) is 0 Å². The van der Waals surface area contributed by atoms with E-state index in [9.17, 15) is 0 Å². The molecule has 0 aromatic heterocycles. The molecule has 2 heteroatoms. The zero-order valence-corrected chi connectivity index (χ0v) is 7.76. The minimum absolute atomic E-state index is 0.624. The maximum Gasteiger partial charge on any atom is 0.0238 e. The van der Waals surface area contributed by atoms with Crippen molar-refractivity contribution in [3.8, 4) is 0 Å². The third-order valence-corrected chi connectivity index (χ3v) is 3.52. The lowest BCUT2D eigenvalue weighted by atomic mass is 9.78. The molecule has 0 heterocycles. The van der Waals surface area contributed by atoms with Crippen LogP contribution < -0.4 is 11.3 Å². The summed E-state index contributed by atoms with van der Waals surface area (Å²) in [6, 6.07) is 0.624. The molecular formula is C10H20N2. The van der Waals surface area contributed by atoms with E-state index in [0.29, 0.717) is 6.04 Å². The summed E-state index contributed by atoms with van der Waals surface area (Å²) in [4.78, 5) is 0. The van der Waals surface area contributed by atoms with Gasteiger partial charge in [0.15, 0.2) is 0 Å². The molecule has 1 atom stereocenters. The highest BCUT2D eigenvalue weighted by atomic mass is 15.2. The Hall–Kier alpha value is -0.0800. The van der Waals surface area contributed by atoms with Crippen LogP contribution in [0.4, 0.5) is 0 Å². The Bertz CT molecular complexity index is 139. The third-order valence-electron chi connectivity index (χ3n) is 3.52. The number of hydrazine groups is 1. The predicted octanol–water partition coefficient (Wildman–Crippen LogP) is 1.81. The first kappa shape index (κ1) is 8.52. The highest BCUT2D eigenvalue weighted by molar-refractivity contribution is 4.83. The molecule has 2 fully saturated rings. The van der Waals surface area contributed by atoms with E-state index in [1.165, 1.54) is 44.9 Å². The number of rotatable bonds is 5. The fraction of sp³-hybridized carbons (Fsp3) is 1.00. The maximum absolute atomic E-state index is 5.54. The lowest BCUT2D eigenvalue weighted by Gasteiger charge is -2.33. The molecule has 0 aliphatic heterocycles. The summed E-state index contributed by atoms with van der Waals surface area (Å²) >= 11 is 0. The van der Waals surface area contributed by atoms with Gasteiger partial charge in [0.05, 0.1) is 0 Å².